The smallest absolute Gasteiger partial charge is 0.275 e. The Morgan fingerprint density at radius 3 is 2.57 bits per heavy atom. The Morgan fingerprint density at radius 1 is 1.57 bits per heavy atom. The summed E-state index contributed by atoms with van der Waals surface area (Å²) in [5, 5.41) is 10.6. The maximum atomic E-state index is 10.7. The number of hydrogen-bond acceptors (Lipinski definition) is 3. The van der Waals surface area contributed by atoms with Crippen LogP contribution in [0, 0.1) is 17.0 Å². The number of benzene rings is 1. The number of hydrogen-bond donors (Lipinski definition) is 1. The van der Waals surface area contributed by atoms with Gasteiger partial charge in [0.2, 0.25) is 0 Å². The Bertz CT molecular complexity index is 420. The number of nitro benzene ring substituents is 1. The van der Waals surface area contributed by atoms with Crippen LogP contribution >= 0.6 is 11.6 Å². The van der Waals surface area contributed by atoms with E-state index in [1.165, 1.54) is 13.0 Å². The Labute approximate surface area is 87.1 Å². The summed E-state index contributed by atoms with van der Waals surface area (Å²) in [6.07, 6.45) is 0. The predicted molar refractivity (Wildman–Crippen MR) is 51.9 cm³/mol. The van der Waals surface area contributed by atoms with Gasteiger partial charge in [0.15, 0.2) is 11.1 Å². The Kier molecular flexibility index (Phi) is 3.20. The van der Waals surface area contributed by atoms with Crippen LogP contribution in [0.15, 0.2) is 17.0 Å². The van der Waals surface area contributed by atoms with Crippen molar-refractivity contribution in [2.75, 3.05) is 0 Å². The van der Waals surface area contributed by atoms with Crippen LogP contribution in [0.25, 0.3) is 0 Å². The van der Waals surface area contributed by atoms with Crippen LogP contribution in [0.3, 0.4) is 0 Å². The third-order valence-corrected chi connectivity index (χ3v) is 2.72. The monoisotopic (exact) mass is 235 g/mol. The van der Waals surface area contributed by atoms with E-state index in [0.29, 0.717) is 0 Å². The van der Waals surface area contributed by atoms with Crippen molar-refractivity contribution in [3.8, 4) is 0 Å². The summed E-state index contributed by atoms with van der Waals surface area (Å²) in [5.74, 6) is 0. The van der Waals surface area contributed by atoms with E-state index in [2.05, 4.69) is 0 Å². The van der Waals surface area contributed by atoms with E-state index in [1.807, 2.05) is 0 Å². The molecule has 0 aliphatic carbocycles. The first-order chi connectivity index (χ1) is 6.43. The highest BCUT2D eigenvalue weighted by molar-refractivity contribution is 7.79. The number of halogens is 1. The molecule has 0 aliphatic heterocycles. The lowest BCUT2D eigenvalue weighted by Crippen LogP contribution is -1.96. The Morgan fingerprint density at radius 2 is 2.14 bits per heavy atom. The minimum atomic E-state index is -2.26. The van der Waals surface area contributed by atoms with Crippen molar-refractivity contribution in [3.63, 3.8) is 0 Å². The van der Waals surface area contributed by atoms with Crippen molar-refractivity contribution >= 4 is 28.4 Å². The summed E-state index contributed by atoms with van der Waals surface area (Å²) < 4.78 is 19.4. The summed E-state index contributed by atoms with van der Waals surface area (Å²) in [4.78, 5) is 9.80. The van der Waals surface area contributed by atoms with Crippen molar-refractivity contribution in [2.24, 2.45) is 0 Å². The number of rotatable bonds is 2. The van der Waals surface area contributed by atoms with Crippen molar-refractivity contribution in [1.29, 1.82) is 0 Å². The Balaban J connectivity index is 3.43. The summed E-state index contributed by atoms with van der Waals surface area (Å²) in [5.41, 5.74) is 0.0285. The highest BCUT2D eigenvalue weighted by Gasteiger charge is 2.16. The van der Waals surface area contributed by atoms with Crippen molar-refractivity contribution in [2.45, 2.75) is 11.8 Å². The third-order valence-electron chi connectivity index (χ3n) is 1.69. The van der Waals surface area contributed by atoms with Gasteiger partial charge >= 0.3 is 0 Å². The molecule has 0 amide bonds. The molecule has 1 N–H and O–H groups in total. The summed E-state index contributed by atoms with van der Waals surface area (Å²) >= 11 is 3.39. The average Bonchev–Trinajstić information content (AvgIpc) is 2.08. The lowest BCUT2D eigenvalue weighted by atomic mass is 10.2. The van der Waals surface area contributed by atoms with E-state index in [1.54, 1.807) is 0 Å². The molecule has 0 fully saturated rings. The van der Waals surface area contributed by atoms with Crippen LogP contribution in [0.2, 0.25) is 5.02 Å². The van der Waals surface area contributed by atoms with Crippen LogP contribution in [-0.2, 0) is 11.1 Å². The molecule has 7 heteroatoms. The zero-order valence-electron chi connectivity index (χ0n) is 7.06. The molecular weight excluding hydrogens is 230 g/mol. The van der Waals surface area contributed by atoms with E-state index in [0.717, 1.165) is 6.07 Å². The van der Waals surface area contributed by atoms with Gasteiger partial charge in [0.05, 0.1) is 14.8 Å². The van der Waals surface area contributed by atoms with E-state index in [-0.39, 0.29) is 21.2 Å². The fourth-order valence-electron chi connectivity index (χ4n) is 0.931. The molecule has 1 aromatic rings. The van der Waals surface area contributed by atoms with Crippen LogP contribution < -0.4 is 0 Å². The minimum Gasteiger partial charge on any atom is -0.302 e. The molecule has 0 heterocycles. The number of nitrogens with zero attached hydrogens (tertiary/aromatic N) is 1. The molecule has 14 heavy (non-hydrogen) atoms. The quantitative estimate of drug-likeness (QED) is 0.484. The topological polar surface area (TPSA) is 80.4 Å². The van der Waals surface area contributed by atoms with Crippen LogP contribution in [0.4, 0.5) is 5.69 Å². The highest BCUT2D eigenvalue weighted by atomic mass is 35.5. The molecule has 0 spiro atoms. The fourth-order valence-corrected chi connectivity index (χ4v) is 1.64. The standard InChI is InChI=1S/C7H6ClNO4S/c1-4-6(8)2-5(14(12)13)3-7(4)9(10)11/h2-3H,1H3,(H,12,13). The molecular formula is C7H6ClNO4S. The van der Waals surface area contributed by atoms with Crippen LogP contribution in [0.5, 0.6) is 0 Å². The summed E-state index contributed by atoms with van der Waals surface area (Å²) in [6, 6.07) is 2.28. The minimum absolute atomic E-state index is 0.0766. The fraction of sp³-hybridized carbons (Fsp3) is 0.143. The molecule has 1 atom stereocenters. The van der Waals surface area contributed by atoms with Crippen molar-refractivity contribution in [3.05, 3.63) is 32.8 Å². The van der Waals surface area contributed by atoms with E-state index in [4.69, 9.17) is 16.2 Å². The van der Waals surface area contributed by atoms with Gasteiger partial charge in [-0.25, -0.2) is 4.21 Å². The molecule has 1 rings (SSSR count). The van der Waals surface area contributed by atoms with Gasteiger partial charge in [0, 0.05) is 11.6 Å². The maximum Gasteiger partial charge on any atom is 0.275 e. The van der Waals surface area contributed by atoms with Gasteiger partial charge in [-0.1, -0.05) is 11.6 Å². The maximum absolute atomic E-state index is 10.7. The van der Waals surface area contributed by atoms with Gasteiger partial charge in [-0.3, -0.25) is 10.1 Å². The second-order valence-electron chi connectivity index (χ2n) is 2.56. The second-order valence-corrected chi connectivity index (χ2v) is 3.93. The first kappa shape index (κ1) is 11.1. The van der Waals surface area contributed by atoms with Crippen LogP contribution in [0.1, 0.15) is 5.56 Å². The number of nitro groups is 1. The lowest BCUT2D eigenvalue weighted by molar-refractivity contribution is -0.385. The molecule has 5 nitrogen and oxygen atoms in total. The third kappa shape index (κ3) is 2.09. The molecule has 1 aromatic carbocycles. The van der Waals surface area contributed by atoms with Crippen molar-refractivity contribution < 1.29 is 13.7 Å². The molecule has 0 radical (unpaired) electrons. The molecule has 0 aromatic heterocycles. The van der Waals surface area contributed by atoms with E-state index < -0.39 is 16.0 Å². The summed E-state index contributed by atoms with van der Waals surface area (Å²) in [7, 11) is 0. The van der Waals surface area contributed by atoms with Gasteiger partial charge in [0.1, 0.15) is 0 Å². The largest absolute Gasteiger partial charge is 0.302 e. The van der Waals surface area contributed by atoms with Gasteiger partial charge < -0.3 is 4.55 Å². The highest BCUT2D eigenvalue weighted by Crippen LogP contribution is 2.28. The molecule has 1 unspecified atom stereocenters. The SMILES string of the molecule is Cc1c(Cl)cc(S(=O)O)cc1[N+](=O)[O-]. The predicted octanol–water partition coefficient (Wildman–Crippen LogP) is 2.14. The molecule has 0 saturated heterocycles. The zero-order chi connectivity index (χ0) is 10.9. The molecule has 76 valence electrons. The normalized spacial score (nSPS) is 12.5. The summed E-state index contributed by atoms with van der Waals surface area (Å²) in [6.45, 7) is 1.48. The average molecular weight is 236 g/mol. The van der Waals surface area contributed by atoms with Gasteiger partial charge in [0.25, 0.3) is 5.69 Å². The first-order valence-electron chi connectivity index (χ1n) is 3.49. The van der Waals surface area contributed by atoms with E-state index in [9.17, 15) is 14.3 Å². The van der Waals surface area contributed by atoms with Gasteiger partial charge in [-0.15, -0.1) is 0 Å². The van der Waals surface area contributed by atoms with Crippen LogP contribution in [-0.4, -0.2) is 13.7 Å². The molecule has 0 bridgehead atoms. The van der Waals surface area contributed by atoms with Crippen molar-refractivity contribution in [1.82, 2.24) is 0 Å². The first-order valence-corrected chi connectivity index (χ1v) is 4.97. The van der Waals surface area contributed by atoms with E-state index >= 15 is 0 Å². The van der Waals surface area contributed by atoms with Gasteiger partial charge in [-0.2, -0.15) is 0 Å². The van der Waals surface area contributed by atoms with Gasteiger partial charge in [-0.05, 0) is 13.0 Å². The Hall–Kier alpha value is -0.980. The lowest BCUT2D eigenvalue weighted by Gasteiger charge is -2.01. The second kappa shape index (κ2) is 4.04. The molecule has 0 saturated carbocycles. The molecule has 0 aliphatic rings. The zero-order valence-corrected chi connectivity index (χ0v) is 8.63.